The standard InChI is InChI=1S/C27H28N2O5S/c1-15(2)29(26(30)17-10-8-16(3)9-11-17)20-13-23(35-24(20)27(31)32)18-12-22(33-14-18)25-28-19-6-4-5-7-21(19)34-25/h4-7,12-17H,8-11H2,1-3H3,(H,31,32). The summed E-state index contributed by atoms with van der Waals surface area (Å²) < 4.78 is 11.5. The van der Waals surface area contributed by atoms with Crippen molar-refractivity contribution in [2.24, 2.45) is 11.8 Å². The number of aromatic carboxylic acids is 1. The molecule has 1 aromatic carbocycles. The molecule has 1 saturated carbocycles. The minimum Gasteiger partial charge on any atom is -0.477 e. The minimum absolute atomic E-state index is 0.0121. The molecule has 8 heteroatoms. The van der Waals surface area contributed by atoms with Crippen molar-refractivity contribution in [1.82, 2.24) is 4.98 Å². The molecular weight excluding hydrogens is 464 g/mol. The summed E-state index contributed by atoms with van der Waals surface area (Å²) in [5, 5.41) is 9.97. The summed E-state index contributed by atoms with van der Waals surface area (Å²) in [4.78, 5) is 32.7. The van der Waals surface area contributed by atoms with Crippen LogP contribution in [0.1, 0.15) is 56.1 Å². The summed E-state index contributed by atoms with van der Waals surface area (Å²) >= 11 is 1.14. The van der Waals surface area contributed by atoms with Gasteiger partial charge in [0.05, 0.1) is 5.69 Å². The molecule has 0 saturated heterocycles. The van der Waals surface area contributed by atoms with E-state index < -0.39 is 5.97 Å². The fourth-order valence-corrected chi connectivity index (χ4v) is 5.73. The van der Waals surface area contributed by atoms with E-state index in [4.69, 9.17) is 8.83 Å². The lowest BCUT2D eigenvalue weighted by Gasteiger charge is -2.33. The number of hydrogen-bond acceptors (Lipinski definition) is 6. The Morgan fingerprint density at radius 3 is 2.57 bits per heavy atom. The number of carboxylic acid groups (broad SMARTS) is 1. The third-order valence-corrected chi connectivity index (χ3v) is 7.84. The molecule has 182 valence electrons. The lowest BCUT2D eigenvalue weighted by atomic mass is 9.82. The molecule has 3 heterocycles. The average molecular weight is 493 g/mol. The van der Waals surface area contributed by atoms with Crippen LogP contribution in [-0.4, -0.2) is 28.0 Å². The van der Waals surface area contributed by atoms with Crippen LogP contribution in [0.25, 0.3) is 33.2 Å². The van der Waals surface area contributed by atoms with E-state index in [0.29, 0.717) is 39.3 Å². The Morgan fingerprint density at radius 1 is 1.14 bits per heavy atom. The largest absolute Gasteiger partial charge is 0.477 e. The van der Waals surface area contributed by atoms with Crippen LogP contribution in [0.15, 0.2) is 51.5 Å². The number of rotatable bonds is 6. The van der Waals surface area contributed by atoms with Gasteiger partial charge in [-0.3, -0.25) is 4.79 Å². The Kier molecular flexibility index (Phi) is 6.23. The van der Waals surface area contributed by atoms with Gasteiger partial charge in [-0.1, -0.05) is 19.1 Å². The van der Waals surface area contributed by atoms with Gasteiger partial charge >= 0.3 is 5.97 Å². The quantitative estimate of drug-likeness (QED) is 0.309. The predicted octanol–water partition coefficient (Wildman–Crippen LogP) is 7.08. The number of amides is 1. The van der Waals surface area contributed by atoms with E-state index in [-0.39, 0.29) is 22.7 Å². The van der Waals surface area contributed by atoms with Gasteiger partial charge in [-0.25, -0.2) is 9.78 Å². The fraction of sp³-hybridized carbons (Fsp3) is 0.370. The highest BCUT2D eigenvalue weighted by Crippen LogP contribution is 2.41. The van der Waals surface area contributed by atoms with Crippen molar-refractivity contribution in [3.05, 3.63) is 47.5 Å². The number of carbonyl (C=O) groups is 2. The Bertz CT molecular complexity index is 1340. The number of hydrogen-bond donors (Lipinski definition) is 1. The van der Waals surface area contributed by atoms with Gasteiger partial charge in [0.2, 0.25) is 5.91 Å². The maximum Gasteiger partial charge on any atom is 0.348 e. The Morgan fingerprint density at radius 2 is 1.89 bits per heavy atom. The molecule has 1 aliphatic rings. The van der Waals surface area contributed by atoms with Gasteiger partial charge in [-0.15, -0.1) is 11.3 Å². The third-order valence-electron chi connectivity index (χ3n) is 6.67. The number of carbonyl (C=O) groups excluding carboxylic acids is 1. The highest BCUT2D eigenvalue weighted by atomic mass is 32.1. The van der Waals surface area contributed by atoms with Crippen LogP contribution in [0.4, 0.5) is 5.69 Å². The molecule has 4 aromatic rings. The number of oxazole rings is 1. The van der Waals surface area contributed by atoms with E-state index in [2.05, 4.69) is 11.9 Å². The predicted molar refractivity (Wildman–Crippen MR) is 136 cm³/mol. The smallest absolute Gasteiger partial charge is 0.348 e. The first kappa shape index (κ1) is 23.4. The van der Waals surface area contributed by atoms with Gasteiger partial charge in [0.25, 0.3) is 5.89 Å². The number of nitrogens with zero attached hydrogens (tertiary/aromatic N) is 2. The molecular formula is C27H28N2O5S. The zero-order chi connectivity index (χ0) is 24.7. The SMILES string of the molecule is CC1CCC(C(=O)N(c2cc(-c3coc(-c4nc5ccccc5o4)c3)sc2C(=O)O)C(C)C)CC1. The minimum atomic E-state index is -1.05. The van der Waals surface area contributed by atoms with Crippen LogP contribution >= 0.6 is 11.3 Å². The molecule has 1 N–H and O–H groups in total. The number of furan rings is 1. The van der Waals surface area contributed by atoms with Crippen LogP contribution < -0.4 is 4.90 Å². The summed E-state index contributed by atoms with van der Waals surface area (Å²) in [6, 6.07) is 10.9. The van der Waals surface area contributed by atoms with Crippen molar-refractivity contribution in [3.63, 3.8) is 0 Å². The maximum atomic E-state index is 13.5. The van der Waals surface area contributed by atoms with Gasteiger partial charge in [-0.2, -0.15) is 0 Å². The first-order valence-electron chi connectivity index (χ1n) is 12.0. The second kappa shape index (κ2) is 9.34. The second-order valence-electron chi connectivity index (χ2n) is 9.58. The highest BCUT2D eigenvalue weighted by Gasteiger charge is 2.33. The second-order valence-corrected chi connectivity index (χ2v) is 10.6. The Hall–Kier alpha value is -3.39. The van der Waals surface area contributed by atoms with Crippen LogP contribution in [0.3, 0.4) is 0 Å². The Labute approximate surface area is 207 Å². The zero-order valence-corrected chi connectivity index (χ0v) is 20.8. The van der Waals surface area contributed by atoms with E-state index in [0.717, 1.165) is 42.5 Å². The van der Waals surface area contributed by atoms with E-state index in [1.54, 1.807) is 23.3 Å². The van der Waals surface area contributed by atoms with E-state index in [1.165, 1.54) is 0 Å². The first-order valence-corrected chi connectivity index (χ1v) is 12.8. The molecule has 0 radical (unpaired) electrons. The molecule has 35 heavy (non-hydrogen) atoms. The van der Waals surface area contributed by atoms with Gasteiger partial charge < -0.3 is 18.8 Å². The van der Waals surface area contributed by atoms with Gasteiger partial charge in [0.1, 0.15) is 16.7 Å². The number of fused-ring (bicyclic) bond motifs is 1. The topological polar surface area (TPSA) is 96.8 Å². The summed E-state index contributed by atoms with van der Waals surface area (Å²) in [5.41, 5.74) is 2.55. The van der Waals surface area contributed by atoms with Crippen LogP contribution in [0.2, 0.25) is 0 Å². The summed E-state index contributed by atoms with van der Waals surface area (Å²) in [7, 11) is 0. The lowest BCUT2D eigenvalue weighted by Crippen LogP contribution is -2.42. The average Bonchev–Trinajstić information content (AvgIpc) is 3.57. The molecule has 0 atom stereocenters. The molecule has 3 aromatic heterocycles. The van der Waals surface area contributed by atoms with Crippen molar-refractivity contribution in [2.45, 2.75) is 52.5 Å². The molecule has 5 rings (SSSR count). The van der Waals surface area contributed by atoms with E-state index in [1.807, 2.05) is 38.1 Å². The van der Waals surface area contributed by atoms with Gasteiger partial charge in [-0.05, 0) is 69.7 Å². The number of para-hydroxylation sites is 2. The highest BCUT2D eigenvalue weighted by molar-refractivity contribution is 7.18. The first-order chi connectivity index (χ1) is 16.8. The molecule has 0 unspecified atom stereocenters. The molecule has 0 spiro atoms. The monoisotopic (exact) mass is 492 g/mol. The fourth-order valence-electron chi connectivity index (χ4n) is 4.77. The zero-order valence-electron chi connectivity index (χ0n) is 20.0. The Balaban J connectivity index is 1.48. The summed E-state index contributed by atoms with van der Waals surface area (Å²) in [6.45, 7) is 6.07. The van der Waals surface area contributed by atoms with Crippen LogP contribution in [0, 0.1) is 11.8 Å². The van der Waals surface area contributed by atoms with Gasteiger partial charge in [0, 0.05) is 22.4 Å². The van der Waals surface area contributed by atoms with Gasteiger partial charge in [0.15, 0.2) is 11.3 Å². The summed E-state index contributed by atoms with van der Waals surface area (Å²) in [6.07, 6.45) is 5.30. The summed E-state index contributed by atoms with van der Waals surface area (Å²) in [5.74, 6) is 0.339. The normalized spacial score (nSPS) is 18.3. The maximum absolute atomic E-state index is 13.5. The lowest BCUT2D eigenvalue weighted by molar-refractivity contribution is -0.123. The van der Waals surface area contributed by atoms with Crippen LogP contribution in [-0.2, 0) is 4.79 Å². The number of benzene rings is 1. The molecule has 1 aliphatic carbocycles. The van der Waals surface area contributed by atoms with Crippen molar-refractivity contribution in [2.75, 3.05) is 4.90 Å². The van der Waals surface area contributed by atoms with Crippen molar-refractivity contribution < 1.29 is 23.5 Å². The van der Waals surface area contributed by atoms with Crippen molar-refractivity contribution >= 4 is 40.0 Å². The third kappa shape index (κ3) is 4.50. The van der Waals surface area contributed by atoms with E-state index >= 15 is 0 Å². The molecule has 0 aliphatic heterocycles. The number of aromatic nitrogens is 1. The number of thiophene rings is 1. The van der Waals surface area contributed by atoms with E-state index in [9.17, 15) is 14.7 Å². The van der Waals surface area contributed by atoms with Crippen molar-refractivity contribution in [1.29, 1.82) is 0 Å². The number of anilines is 1. The number of carboxylic acids is 1. The molecule has 0 bridgehead atoms. The molecule has 1 amide bonds. The van der Waals surface area contributed by atoms with Crippen LogP contribution in [0.5, 0.6) is 0 Å². The van der Waals surface area contributed by atoms with Crippen molar-refractivity contribution in [3.8, 4) is 22.1 Å². The molecule has 1 fully saturated rings. The molecule has 7 nitrogen and oxygen atoms in total.